The Morgan fingerprint density at radius 3 is 1.50 bits per heavy atom. The summed E-state index contributed by atoms with van der Waals surface area (Å²) in [6.45, 7) is 4.50. The molecule has 6 rings (SSSR count). The van der Waals surface area contributed by atoms with E-state index < -0.39 is 11.9 Å². The molecule has 0 saturated carbocycles. The number of nitrogens with zero attached hydrogens (tertiary/aromatic N) is 1. The highest BCUT2D eigenvalue weighted by atomic mass is 16.5. The van der Waals surface area contributed by atoms with Gasteiger partial charge in [-0.15, -0.1) is 0 Å². The molecule has 0 N–H and O–H groups in total. The van der Waals surface area contributed by atoms with Crippen molar-refractivity contribution >= 4 is 66.8 Å². The molecule has 0 atom stereocenters. The molecule has 0 unspecified atom stereocenters. The van der Waals surface area contributed by atoms with Crippen molar-refractivity contribution in [2.75, 3.05) is 20.8 Å². The molecular formula is C31H25NO6. The monoisotopic (exact) mass is 507 g/mol. The molecule has 1 aliphatic rings. The summed E-state index contributed by atoms with van der Waals surface area (Å²) in [6.07, 6.45) is 0.729. The molecule has 0 aromatic heterocycles. The maximum Gasteiger partial charge on any atom is 0.338 e. The molecule has 0 fully saturated rings. The SMILES string of the molecule is COC(=O)c1ccc2c3ccc4c5c(ccc(c6ccc(C(=O)OC)c1c26)c53)C(=O)N(CCC(C)C)C4=O. The maximum absolute atomic E-state index is 13.5. The number of methoxy groups -OCH3 is 2. The summed E-state index contributed by atoms with van der Waals surface area (Å²) < 4.78 is 10.0. The van der Waals surface area contributed by atoms with Gasteiger partial charge >= 0.3 is 11.9 Å². The first-order valence-corrected chi connectivity index (χ1v) is 12.5. The van der Waals surface area contributed by atoms with Gasteiger partial charge in [0, 0.05) is 28.4 Å². The fourth-order valence-corrected chi connectivity index (χ4v) is 5.78. The van der Waals surface area contributed by atoms with Crippen LogP contribution >= 0.6 is 0 Å². The topological polar surface area (TPSA) is 90.0 Å². The van der Waals surface area contributed by atoms with Crippen LogP contribution in [0.1, 0.15) is 61.7 Å². The first-order chi connectivity index (χ1) is 18.3. The zero-order valence-electron chi connectivity index (χ0n) is 21.5. The van der Waals surface area contributed by atoms with Crippen LogP contribution in [0.5, 0.6) is 0 Å². The standard InChI is InChI=1S/C31H25NO6/c1-15(2)13-14-32-28(33)20-9-5-16-18-7-11-22(30(35)37-3)27-23(31(36)38-4)12-8-19(25(18)27)17-6-10-21(29(32)34)26(20)24(16)17/h5-12,15H,13-14H2,1-4H3. The van der Waals surface area contributed by atoms with Crippen molar-refractivity contribution in [3.8, 4) is 0 Å². The minimum Gasteiger partial charge on any atom is -0.465 e. The molecule has 0 radical (unpaired) electrons. The van der Waals surface area contributed by atoms with Gasteiger partial charge in [0.15, 0.2) is 0 Å². The van der Waals surface area contributed by atoms with E-state index >= 15 is 0 Å². The lowest BCUT2D eigenvalue weighted by Crippen LogP contribution is -2.41. The molecule has 38 heavy (non-hydrogen) atoms. The van der Waals surface area contributed by atoms with Crippen LogP contribution in [0.15, 0.2) is 48.5 Å². The quantitative estimate of drug-likeness (QED) is 0.126. The zero-order chi connectivity index (χ0) is 26.9. The van der Waals surface area contributed by atoms with Crippen molar-refractivity contribution < 1.29 is 28.7 Å². The van der Waals surface area contributed by atoms with Crippen LogP contribution < -0.4 is 0 Å². The van der Waals surface area contributed by atoms with Gasteiger partial charge in [-0.05, 0) is 68.9 Å². The van der Waals surface area contributed by atoms with Crippen LogP contribution in [0.4, 0.5) is 0 Å². The van der Waals surface area contributed by atoms with E-state index in [1.54, 1.807) is 24.3 Å². The summed E-state index contributed by atoms with van der Waals surface area (Å²) in [4.78, 5) is 53.8. The summed E-state index contributed by atoms with van der Waals surface area (Å²) in [5.41, 5.74) is 1.52. The number of imide groups is 1. The molecule has 0 saturated heterocycles. The van der Waals surface area contributed by atoms with Gasteiger partial charge in [-0.1, -0.05) is 38.1 Å². The molecular weight excluding hydrogens is 482 g/mol. The number of esters is 2. The minimum atomic E-state index is -0.562. The van der Waals surface area contributed by atoms with E-state index in [9.17, 15) is 19.2 Å². The second-order valence-corrected chi connectivity index (χ2v) is 10.1. The van der Waals surface area contributed by atoms with Gasteiger partial charge in [0.2, 0.25) is 0 Å². The minimum absolute atomic E-state index is 0.258. The average Bonchev–Trinajstić information content (AvgIpc) is 2.93. The Hall–Kier alpha value is -4.52. The van der Waals surface area contributed by atoms with Gasteiger partial charge in [-0.2, -0.15) is 0 Å². The second kappa shape index (κ2) is 8.52. The third kappa shape index (κ3) is 3.14. The maximum atomic E-state index is 13.5. The smallest absolute Gasteiger partial charge is 0.338 e. The number of amides is 2. The Bertz CT molecular complexity index is 1730. The molecule has 1 heterocycles. The summed E-state index contributed by atoms with van der Waals surface area (Å²) in [6, 6.07) is 14.3. The van der Waals surface area contributed by atoms with Crippen molar-refractivity contribution in [2.45, 2.75) is 20.3 Å². The lowest BCUT2D eigenvalue weighted by molar-refractivity contribution is 0.0587. The number of ether oxygens (including phenoxy) is 2. The van der Waals surface area contributed by atoms with Crippen molar-refractivity contribution in [1.82, 2.24) is 4.90 Å². The zero-order valence-corrected chi connectivity index (χ0v) is 21.5. The molecule has 5 aromatic rings. The number of rotatable bonds is 5. The number of hydrogen-bond donors (Lipinski definition) is 0. The van der Waals surface area contributed by atoms with Gasteiger partial charge in [0.1, 0.15) is 0 Å². The van der Waals surface area contributed by atoms with Gasteiger partial charge in [-0.25, -0.2) is 9.59 Å². The van der Waals surface area contributed by atoms with E-state index in [0.717, 1.165) is 38.7 Å². The summed E-state index contributed by atoms with van der Waals surface area (Å²) in [5, 5.41) is 5.88. The molecule has 1 aliphatic heterocycles. The van der Waals surface area contributed by atoms with E-state index in [0.29, 0.717) is 34.4 Å². The highest BCUT2D eigenvalue weighted by molar-refractivity contribution is 6.39. The molecule has 7 heteroatoms. The number of hydrogen-bond acceptors (Lipinski definition) is 6. The molecule has 190 valence electrons. The summed E-state index contributed by atoms with van der Waals surface area (Å²) in [5.74, 6) is -1.34. The van der Waals surface area contributed by atoms with Crippen LogP contribution in [0.3, 0.4) is 0 Å². The van der Waals surface area contributed by atoms with Crippen molar-refractivity contribution in [3.05, 3.63) is 70.8 Å². The lowest BCUT2D eigenvalue weighted by atomic mass is 9.83. The van der Waals surface area contributed by atoms with Gasteiger partial charge in [0.25, 0.3) is 11.8 Å². The Kier molecular flexibility index (Phi) is 5.35. The molecule has 7 nitrogen and oxygen atoms in total. The molecule has 2 amide bonds. The fourth-order valence-electron chi connectivity index (χ4n) is 5.78. The van der Waals surface area contributed by atoms with E-state index in [1.165, 1.54) is 19.1 Å². The molecule has 5 aromatic carbocycles. The van der Waals surface area contributed by atoms with Crippen LogP contribution in [-0.2, 0) is 9.47 Å². The first kappa shape index (κ1) is 23.9. The Balaban J connectivity index is 1.74. The van der Waals surface area contributed by atoms with E-state index in [-0.39, 0.29) is 22.9 Å². The molecule has 0 spiro atoms. The third-order valence-corrected chi connectivity index (χ3v) is 7.59. The molecule has 0 aliphatic carbocycles. The third-order valence-electron chi connectivity index (χ3n) is 7.59. The van der Waals surface area contributed by atoms with Gasteiger partial charge in [0.05, 0.1) is 25.3 Å². The van der Waals surface area contributed by atoms with Gasteiger partial charge < -0.3 is 9.47 Å². The summed E-state index contributed by atoms with van der Waals surface area (Å²) >= 11 is 0. The molecule has 0 bridgehead atoms. The first-order valence-electron chi connectivity index (χ1n) is 12.5. The summed E-state index contributed by atoms with van der Waals surface area (Å²) in [7, 11) is 2.59. The highest BCUT2D eigenvalue weighted by Gasteiger charge is 2.34. The van der Waals surface area contributed by atoms with Crippen molar-refractivity contribution in [1.29, 1.82) is 0 Å². The Morgan fingerprint density at radius 1 is 0.658 bits per heavy atom. The lowest BCUT2D eigenvalue weighted by Gasteiger charge is -2.29. The van der Waals surface area contributed by atoms with E-state index in [4.69, 9.17) is 9.47 Å². The highest BCUT2D eigenvalue weighted by Crippen LogP contribution is 2.45. The normalized spacial score (nSPS) is 13.4. The number of carbonyl (C=O) groups is 4. The number of fused-ring (bicyclic) bond motifs is 2. The van der Waals surface area contributed by atoms with Gasteiger partial charge in [-0.3, -0.25) is 14.5 Å². The van der Waals surface area contributed by atoms with Crippen LogP contribution in [0.25, 0.3) is 43.1 Å². The largest absolute Gasteiger partial charge is 0.465 e. The Labute approximate surface area is 218 Å². The van der Waals surface area contributed by atoms with Crippen LogP contribution in [0.2, 0.25) is 0 Å². The fraction of sp³-hybridized carbons (Fsp3) is 0.226. The Morgan fingerprint density at radius 2 is 1.08 bits per heavy atom. The van der Waals surface area contributed by atoms with Crippen molar-refractivity contribution in [3.63, 3.8) is 0 Å². The van der Waals surface area contributed by atoms with Crippen LogP contribution in [0, 0.1) is 5.92 Å². The number of benzene rings is 5. The van der Waals surface area contributed by atoms with E-state index in [2.05, 4.69) is 13.8 Å². The average molecular weight is 508 g/mol. The van der Waals surface area contributed by atoms with E-state index in [1.807, 2.05) is 24.3 Å². The van der Waals surface area contributed by atoms with Crippen LogP contribution in [-0.4, -0.2) is 49.4 Å². The number of carbonyl (C=O) groups excluding carboxylic acids is 4. The second-order valence-electron chi connectivity index (χ2n) is 10.1. The van der Waals surface area contributed by atoms with Crippen molar-refractivity contribution in [2.24, 2.45) is 5.92 Å². The predicted molar refractivity (Wildman–Crippen MR) is 145 cm³/mol. The predicted octanol–water partition coefficient (Wildman–Crippen LogP) is 5.95.